The standard InChI is InChI=1S/C23H23F6N7O/c1-10-32-33-22(37-10)35-8-11-2-3-12(9-35)19(11)30-21-31-20-14(13-4-6-15(24)18(26)17(13)25)5-7-16(23(27,28)29)36(20)34-21/h4,6,11-12,14,16,19H,2-3,5,7-9H2,1H3,(H,30,34)/t11-,12+,14?,16?,19?. The SMILES string of the molecule is Cc1nnc(N2C[C@H]3CC[C@@H](C2)C3Nc2nc3n(n2)C(C(F)(F)F)CCC3c2ccc(F)c(F)c2F)o1. The Bertz CT molecular complexity index is 1310. The Morgan fingerprint density at radius 2 is 1.70 bits per heavy atom. The number of fused-ring (bicyclic) bond motifs is 3. The number of piperidine rings is 1. The first-order valence-electron chi connectivity index (χ1n) is 12.1. The van der Waals surface area contributed by atoms with Crippen LogP contribution in [-0.2, 0) is 0 Å². The van der Waals surface area contributed by atoms with Gasteiger partial charge in [-0.1, -0.05) is 11.2 Å². The van der Waals surface area contributed by atoms with Gasteiger partial charge in [-0.3, -0.25) is 0 Å². The summed E-state index contributed by atoms with van der Waals surface area (Å²) in [5.74, 6) is -4.85. The molecule has 5 atom stereocenters. The summed E-state index contributed by atoms with van der Waals surface area (Å²) in [6, 6.07) is 0.211. The number of hydrogen-bond donors (Lipinski definition) is 1. The molecule has 3 aromatic rings. The molecule has 1 aliphatic carbocycles. The fourth-order valence-electron chi connectivity index (χ4n) is 6.02. The lowest BCUT2D eigenvalue weighted by Crippen LogP contribution is -2.48. The third-order valence-corrected chi connectivity index (χ3v) is 7.73. The van der Waals surface area contributed by atoms with Crippen molar-refractivity contribution in [1.82, 2.24) is 25.0 Å². The molecule has 2 aliphatic heterocycles. The molecule has 6 rings (SSSR count). The molecule has 2 aromatic heterocycles. The number of benzene rings is 1. The van der Waals surface area contributed by atoms with E-state index in [1.165, 1.54) is 0 Å². The Hall–Kier alpha value is -3.32. The Morgan fingerprint density at radius 1 is 0.973 bits per heavy atom. The minimum absolute atomic E-state index is 0.00289. The monoisotopic (exact) mass is 527 g/mol. The van der Waals surface area contributed by atoms with Crippen molar-refractivity contribution < 1.29 is 30.8 Å². The molecule has 1 N–H and O–H groups in total. The highest BCUT2D eigenvalue weighted by atomic mass is 19.4. The first-order chi connectivity index (χ1) is 17.6. The highest BCUT2D eigenvalue weighted by Crippen LogP contribution is 2.45. The van der Waals surface area contributed by atoms with Crippen molar-refractivity contribution >= 4 is 12.0 Å². The Morgan fingerprint density at radius 3 is 2.35 bits per heavy atom. The van der Waals surface area contributed by atoms with Gasteiger partial charge in [0.15, 0.2) is 17.5 Å². The van der Waals surface area contributed by atoms with Crippen molar-refractivity contribution in [3.8, 4) is 0 Å². The molecule has 2 bridgehead atoms. The molecule has 4 heterocycles. The van der Waals surface area contributed by atoms with Gasteiger partial charge in [-0.2, -0.15) is 18.2 Å². The van der Waals surface area contributed by atoms with E-state index in [1.807, 2.05) is 4.90 Å². The van der Waals surface area contributed by atoms with Crippen molar-refractivity contribution in [2.45, 2.75) is 56.8 Å². The van der Waals surface area contributed by atoms with Gasteiger partial charge in [0.25, 0.3) is 0 Å². The zero-order valence-electron chi connectivity index (χ0n) is 19.6. The highest BCUT2D eigenvalue weighted by Gasteiger charge is 2.48. The normalized spacial score (nSPS) is 27.4. The zero-order chi connectivity index (χ0) is 26.1. The van der Waals surface area contributed by atoms with E-state index >= 15 is 0 Å². The van der Waals surface area contributed by atoms with Crippen molar-refractivity contribution in [3.05, 3.63) is 46.9 Å². The molecule has 2 fully saturated rings. The van der Waals surface area contributed by atoms with E-state index in [-0.39, 0.29) is 41.6 Å². The average molecular weight is 527 g/mol. The van der Waals surface area contributed by atoms with Gasteiger partial charge in [0.05, 0.1) is 0 Å². The quantitative estimate of drug-likeness (QED) is 0.388. The van der Waals surface area contributed by atoms with Crippen LogP contribution in [0.5, 0.6) is 0 Å². The third-order valence-electron chi connectivity index (χ3n) is 7.73. The number of anilines is 2. The van der Waals surface area contributed by atoms with Crippen molar-refractivity contribution in [2.24, 2.45) is 11.8 Å². The molecule has 8 nitrogen and oxygen atoms in total. The molecule has 37 heavy (non-hydrogen) atoms. The number of nitrogens with zero attached hydrogens (tertiary/aromatic N) is 6. The second-order valence-electron chi connectivity index (χ2n) is 9.97. The predicted molar refractivity (Wildman–Crippen MR) is 117 cm³/mol. The van der Waals surface area contributed by atoms with Crippen LogP contribution < -0.4 is 10.2 Å². The molecular formula is C23H23F6N7O. The molecule has 1 saturated carbocycles. The van der Waals surface area contributed by atoms with E-state index in [0.717, 1.165) is 29.7 Å². The van der Waals surface area contributed by atoms with E-state index in [0.29, 0.717) is 25.0 Å². The van der Waals surface area contributed by atoms with E-state index in [2.05, 4.69) is 25.6 Å². The third kappa shape index (κ3) is 4.09. The summed E-state index contributed by atoms with van der Waals surface area (Å²) < 4.78 is 89.9. The number of nitrogens with one attached hydrogen (secondary N) is 1. The number of aryl methyl sites for hydroxylation is 1. The van der Waals surface area contributed by atoms with Crippen LogP contribution >= 0.6 is 0 Å². The summed E-state index contributed by atoms with van der Waals surface area (Å²) in [6.07, 6.45) is -3.35. The lowest BCUT2D eigenvalue weighted by Gasteiger charge is -2.37. The molecule has 0 spiro atoms. The fraction of sp³-hybridized carbons (Fsp3) is 0.565. The smallest absolute Gasteiger partial charge is 0.408 e. The molecule has 0 amide bonds. The predicted octanol–water partition coefficient (Wildman–Crippen LogP) is 4.74. The van der Waals surface area contributed by atoms with Crippen LogP contribution in [0.2, 0.25) is 0 Å². The minimum atomic E-state index is -4.61. The average Bonchev–Trinajstić information content (AvgIpc) is 3.52. The zero-order valence-corrected chi connectivity index (χ0v) is 19.6. The van der Waals surface area contributed by atoms with Gasteiger partial charge in [-0.05, 0) is 43.6 Å². The first kappa shape index (κ1) is 24.0. The molecular weight excluding hydrogens is 504 g/mol. The maximum absolute atomic E-state index is 14.6. The number of halogens is 6. The number of rotatable bonds is 4. The summed E-state index contributed by atoms with van der Waals surface area (Å²) in [4.78, 5) is 6.35. The lowest BCUT2D eigenvalue weighted by atomic mass is 9.88. The number of aromatic nitrogens is 5. The largest absolute Gasteiger partial charge is 0.410 e. The molecule has 198 valence electrons. The minimum Gasteiger partial charge on any atom is -0.408 e. The molecule has 3 unspecified atom stereocenters. The second-order valence-corrected chi connectivity index (χ2v) is 9.97. The van der Waals surface area contributed by atoms with Gasteiger partial charge in [-0.15, -0.1) is 10.2 Å². The van der Waals surface area contributed by atoms with Crippen molar-refractivity contribution in [3.63, 3.8) is 0 Å². The van der Waals surface area contributed by atoms with Gasteiger partial charge in [0.1, 0.15) is 11.9 Å². The van der Waals surface area contributed by atoms with E-state index in [4.69, 9.17) is 4.42 Å². The topological polar surface area (TPSA) is 84.9 Å². The van der Waals surface area contributed by atoms with Crippen LogP contribution in [0.15, 0.2) is 16.5 Å². The van der Waals surface area contributed by atoms with Gasteiger partial charge >= 0.3 is 12.2 Å². The highest BCUT2D eigenvalue weighted by molar-refractivity contribution is 5.37. The Kier molecular flexibility index (Phi) is 5.60. The molecule has 1 saturated heterocycles. The van der Waals surface area contributed by atoms with Crippen LogP contribution in [0.4, 0.5) is 38.3 Å². The van der Waals surface area contributed by atoms with Crippen LogP contribution in [0.1, 0.15) is 54.9 Å². The van der Waals surface area contributed by atoms with E-state index in [9.17, 15) is 26.3 Å². The summed E-state index contributed by atoms with van der Waals surface area (Å²) in [6.45, 7) is 2.95. The Labute approximate surface area is 207 Å². The van der Waals surface area contributed by atoms with Crippen LogP contribution in [0, 0.1) is 36.2 Å². The summed E-state index contributed by atoms with van der Waals surface area (Å²) in [7, 11) is 0. The fourth-order valence-corrected chi connectivity index (χ4v) is 6.02. The van der Waals surface area contributed by atoms with E-state index < -0.39 is 42.0 Å². The summed E-state index contributed by atoms with van der Waals surface area (Å²) in [5.41, 5.74) is -0.247. The maximum Gasteiger partial charge on any atom is 0.410 e. The second kappa shape index (κ2) is 8.62. The van der Waals surface area contributed by atoms with Gasteiger partial charge in [0, 0.05) is 37.5 Å². The molecule has 1 aromatic carbocycles. The number of alkyl halides is 3. The number of hydrogen-bond acceptors (Lipinski definition) is 7. The maximum atomic E-state index is 14.6. The lowest BCUT2D eigenvalue weighted by molar-refractivity contribution is -0.175. The van der Waals surface area contributed by atoms with Crippen LogP contribution in [-0.4, -0.2) is 50.3 Å². The van der Waals surface area contributed by atoms with Gasteiger partial charge in [-0.25, -0.2) is 17.9 Å². The first-order valence-corrected chi connectivity index (χ1v) is 12.1. The van der Waals surface area contributed by atoms with E-state index in [1.54, 1.807) is 6.92 Å². The van der Waals surface area contributed by atoms with Gasteiger partial charge < -0.3 is 14.6 Å². The van der Waals surface area contributed by atoms with Crippen LogP contribution in [0.25, 0.3) is 0 Å². The van der Waals surface area contributed by atoms with Gasteiger partial charge in [0.2, 0.25) is 11.8 Å². The molecule has 0 radical (unpaired) electrons. The van der Waals surface area contributed by atoms with Crippen LogP contribution in [0.3, 0.4) is 0 Å². The van der Waals surface area contributed by atoms with Crippen molar-refractivity contribution in [2.75, 3.05) is 23.3 Å². The summed E-state index contributed by atoms with van der Waals surface area (Å²) >= 11 is 0. The Balaban J connectivity index is 1.30. The molecule has 3 aliphatic rings. The molecule has 14 heteroatoms. The van der Waals surface area contributed by atoms with Crippen molar-refractivity contribution in [1.29, 1.82) is 0 Å². The summed E-state index contributed by atoms with van der Waals surface area (Å²) in [5, 5.41) is 15.3.